The van der Waals surface area contributed by atoms with E-state index < -0.39 is 0 Å². The molecule has 4 saturated heterocycles. The highest BCUT2D eigenvalue weighted by Crippen LogP contribution is 2.35. The van der Waals surface area contributed by atoms with Gasteiger partial charge in [0.2, 0.25) is 5.91 Å². The second kappa shape index (κ2) is 1.83. The molecular formula is C8H13N3O. The first-order chi connectivity index (χ1) is 5.67. The lowest BCUT2D eigenvalue weighted by Gasteiger charge is -2.58. The van der Waals surface area contributed by atoms with E-state index in [0.29, 0.717) is 5.91 Å². The number of carbonyl (C=O) groups excluding carboxylic acids is 1. The van der Waals surface area contributed by atoms with Crippen LogP contribution in [-0.4, -0.2) is 53.7 Å². The molecule has 0 spiro atoms. The first kappa shape index (κ1) is 6.86. The molecule has 4 aliphatic rings. The van der Waals surface area contributed by atoms with E-state index in [-0.39, 0.29) is 5.41 Å². The van der Waals surface area contributed by atoms with Crippen molar-refractivity contribution in [1.29, 1.82) is 0 Å². The average molecular weight is 167 g/mol. The van der Waals surface area contributed by atoms with Crippen molar-refractivity contribution in [3.05, 3.63) is 0 Å². The van der Waals surface area contributed by atoms with Gasteiger partial charge in [-0.2, -0.15) is 0 Å². The van der Waals surface area contributed by atoms with Gasteiger partial charge in [-0.25, -0.2) is 0 Å². The largest absolute Gasteiger partial charge is 0.316 e. The molecule has 0 aliphatic carbocycles. The van der Waals surface area contributed by atoms with Crippen LogP contribution in [0.3, 0.4) is 0 Å². The molecule has 66 valence electrons. The number of nitrogens with zero attached hydrogens (tertiary/aromatic N) is 3. The summed E-state index contributed by atoms with van der Waals surface area (Å²) in [5.74, 6) is 0.356. The van der Waals surface area contributed by atoms with Crippen LogP contribution in [0.25, 0.3) is 0 Å². The molecule has 4 heteroatoms. The van der Waals surface area contributed by atoms with Gasteiger partial charge in [-0.15, -0.1) is 0 Å². The van der Waals surface area contributed by atoms with Crippen molar-refractivity contribution < 1.29 is 4.79 Å². The van der Waals surface area contributed by atoms with Gasteiger partial charge in [0.1, 0.15) is 0 Å². The lowest BCUT2D eigenvalue weighted by Crippen LogP contribution is -2.74. The summed E-state index contributed by atoms with van der Waals surface area (Å²) in [4.78, 5) is 18.4. The molecule has 0 radical (unpaired) electrons. The Morgan fingerprint density at radius 2 is 1.75 bits per heavy atom. The van der Waals surface area contributed by atoms with Crippen molar-refractivity contribution in [1.82, 2.24) is 14.7 Å². The van der Waals surface area contributed by atoms with Gasteiger partial charge < -0.3 is 4.90 Å². The fourth-order valence-electron chi connectivity index (χ4n) is 2.78. The van der Waals surface area contributed by atoms with Crippen LogP contribution >= 0.6 is 0 Å². The maximum Gasteiger partial charge on any atom is 0.233 e. The van der Waals surface area contributed by atoms with E-state index in [1.165, 1.54) is 0 Å². The Morgan fingerprint density at radius 1 is 1.17 bits per heavy atom. The Morgan fingerprint density at radius 3 is 2.25 bits per heavy atom. The fourth-order valence-corrected chi connectivity index (χ4v) is 2.78. The van der Waals surface area contributed by atoms with Crippen LogP contribution in [-0.2, 0) is 4.79 Å². The molecule has 2 atom stereocenters. The van der Waals surface area contributed by atoms with Gasteiger partial charge in [-0.1, -0.05) is 0 Å². The van der Waals surface area contributed by atoms with E-state index in [4.69, 9.17) is 0 Å². The topological polar surface area (TPSA) is 26.8 Å². The monoisotopic (exact) mass is 167 g/mol. The molecular weight excluding hydrogens is 154 g/mol. The van der Waals surface area contributed by atoms with E-state index in [0.717, 1.165) is 33.1 Å². The minimum Gasteiger partial charge on any atom is -0.316 e. The molecule has 0 aromatic rings. The summed E-state index contributed by atoms with van der Waals surface area (Å²) in [5, 5.41) is 0. The van der Waals surface area contributed by atoms with Crippen LogP contribution in [0.15, 0.2) is 0 Å². The molecule has 4 fully saturated rings. The summed E-state index contributed by atoms with van der Waals surface area (Å²) >= 11 is 0. The van der Waals surface area contributed by atoms with E-state index in [1.54, 1.807) is 0 Å². The Labute approximate surface area is 71.7 Å². The standard InChI is InChI=1S/C8H13N3O/c1-8-2-9-4-10(3-8)6-11(5-9)7(8)12/h2-6H2,1H3. The van der Waals surface area contributed by atoms with Crippen LogP contribution in [0.2, 0.25) is 0 Å². The predicted octanol–water partition coefficient (Wildman–Crippen LogP) is -0.661. The highest BCUT2D eigenvalue weighted by atomic mass is 16.2. The third kappa shape index (κ3) is 0.671. The molecule has 12 heavy (non-hydrogen) atoms. The molecule has 0 N–H and O–H groups in total. The molecule has 0 saturated carbocycles. The lowest BCUT2D eigenvalue weighted by molar-refractivity contribution is -0.191. The van der Waals surface area contributed by atoms with Crippen LogP contribution in [0.4, 0.5) is 0 Å². The van der Waals surface area contributed by atoms with Crippen molar-refractivity contribution in [2.45, 2.75) is 6.92 Å². The van der Waals surface area contributed by atoms with Crippen LogP contribution in [0, 0.1) is 5.41 Å². The van der Waals surface area contributed by atoms with Gasteiger partial charge in [0.15, 0.2) is 0 Å². The molecule has 4 heterocycles. The molecule has 4 aliphatic heterocycles. The van der Waals surface area contributed by atoms with Crippen molar-refractivity contribution in [3.63, 3.8) is 0 Å². The van der Waals surface area contributed by atoms with E-state index in [2.05, 4.69) is 16.7 Å². The summed E-state index contributed by atoms with van der Waals surface area (Å²) in [6.07, 6.45) is 0. The van der Waals surface area contributed by atoms with E-state index >= 15 is 0 Å². The van der Waals surface area contributed by atoms with E-state index in [1.807, 2.05) is 4.90 Å². The van der Waals surface area contributed by atoms with Crippen molar-refractivity contribution in [2.24, 2.45) is 5.41 Å². The Balaban J connectivity index is 2.02. The average Bonchev–Trinajstić information content (AvgIpc) is 1.98. The summed E-state index contributed by atoms with van der Waals surface area (Å²) in [6, 6.07) is 0. The molecule has 0 aromatic carbocycles. The van der Waals surface area contributed by atoms with Crippen molar-refractivity contribution in [3.8, 4) is 0 Å². The zero-order valence-electron chi connectivity index (χ0n) is 7.29. The quantitative estimate of drug-likeness (QED) is 0.479. The third-order valence-corrected chi connectivity index (χ3v) is 3.09. The maximum atomic E-state index is 11.8. The lowest BCUT2D eigenvalue weighted by atomic mass is 9.83. The first-order valence-electron chi connectivity index (χ1n) is 4.41. The highest BCUT2D eigenvalue weighted by molar-refractivity contribution is 5.84. The summed E-state index contributed by atoms with van der Waals surface area (Å²) in [6.45, 7) is 6.76. The zero-order valence-corrected chi connectivity index (χ0v) is 7.29. The Bertz CT molecular complexity index is 239. The third-order valence-electron chi connectivity index (χ3n) is 3.09. The van der Waals surface area contributed by atoms with Crippen molar-refractivity contribution >= 4 is 5.91 Å². The normalized spacial score (nSPS) is 50.4. The predicted molar refractivity (Wildman–Crippen MR) is 43.0 cm³/mol. The highest BCUT2D eigenvalue weighted by Gasteiger charge is 2.51. The summed E-state index contributed by atoms with van der Waals surface area (Å²) in [7, 11) is 0. The molecule has 2 unspecified atom stereocenters. The fraction of sp³-hybridized carbons (Fsp3) is 0.875. The SMILES string of the molecule is CC12CN3CN(CN(C3)C1=O)C2. The maximum absolute atomic E-state index is 11.8. The van der Waals surface area contributed by atoms with Crippen LogP contribution in [0.5, 0.6) is 0 Å². The molecule has 4 nitrogen and oxygen atoms in total. The Kier molecular flexibility index (Phi) is 1.04. The van der Waals surface area contributed by atoms with Gasteiger partial charge in [-0.3, -0.25) is 14.6 Å². The van der Waals surface area contributed by atoms with E-state index in [9.17, 15) is 4.79 Å². The Hall–Kier alpha value is -0.610. The first-order valence-corrected chi connectivity index (χ1v) is 4.41. The molecule has 4 rings (SSSR count). The van der Waals surface area contributed by atoms with Gasteiger partial charge in [0, 0.05) is 13.1 Å². The van der Waals surface area contributed by atoms with Gasteiger partial charge in [0.25, 0.3) is 0 Å². The van der Waals surface area contributed by atoms with Crippen LogP contribution < -0.4 is 0 Å². The van der Waals surface area contributed by atoms with Crippen LogP contribution in [0.1, 0.15) is 6.92 Å². The number of rotatable bonds is 0. The van der Waals surface area contributed by atoms with Gasteiger partial charge in [0.05, 0.1) is 25.4 Å². The number of hydrogen-bond donors (Lipinski definition) is 0. The minimum absolute atomic E-state index is 0.102. The minimum atomic E-state index is -0.102. The summed E-state index contributed by atoms with van der Waals surface area (Å²) in [5.41, 5.74) is -0.102. The van der Waals surface area contributed by atoms with Crippen molar-refractivity contribution in [2.75, 3.05) is 33.1 Å². The molecule has 4 bridgehead atoms. The summed E-state index contributed by atoms with van der Waals surface area (Å²) < 4.78 is 0. The number of carbonyl (C=O) groups is 1. The van der Waals surface area contributed by atoms with Gasteiger partial charge >= 0.3 is 0 Å². The zero-order chi connectivity index (χ0) is 8.34. The second-order valence-electron chi connectivity index (χ2n) is 4.49. The second-order valence-corrected chi connectivity index (χ2v) is 4.49. The van der Waals surface area contributed by atoms with Gasteiger partial charge in [-0.05, 0) is 6.92 Å². The smallest absolute Gasteiger partial charge is 0.233 e. The molecule has 0 aromatic heterocycles. The number of hydrogen-bond acceptors (Lipinski definition) is 3. The number of amides is 1. The molecule has 1 amide bonds.